The SMILES string of the molecule is COCCN1Cn2cc(-c3nnc(Cc4ccc(F)cc4F)s3)c(=O)c(C)c2C(=O)N1C. The molecule has 32 heavy (non-hydrogen) atoms. The molecule has 0 bridgehead atoms. The van der Waals surface area contributed by atoms with Crippen LogP contribution in [0.5, 0.6) is 0 Å². The van der Waals surface area contributed by atoms with Crippen molar-refractivity contribution in [1.29, 1.82) is 0 Å². The fourth-order valence-corrected chi connectivity index (χ4v) is 4.45. The van der Waals surface area contributed by atoms with Crippen molar-refractivity contribution in [2.45, 2.75) is 20.0 Å². The second-order valence-electron chi connectivity index (χ2n) is 7.42. The molecule has 3 heterocycles. The highest BCUT2D eigenvalue weighted by Gasteiger charge is 2.31. The molecule has 8 nitrogen and oxygen atoms in total. The van der Waals surface area contributed by atoms with Gasteiger partial charge in [-0.1, -0.05) is 17.4 Å². The molecule has 0 atom stereocenters. The Morgan fingerprint density at radius 3 is 2.72 bits per heavy atom. The number of carbonyl (C=O) groups excluding carboxylic acids is 1. The maximum Gasteiger partial charge on any atom is 0.285 e. The lowest BCUT2D eigenvalue weighted by molar-refractivity contribution is -0.0392. The molecule has 0 N–H and O–H groups in total. The molecule has 1 aliphatic rings. The van der Waals surface area contributed by atoms with Gasteiger partial charge in [0.2, 0.25) is 0 Å². The average molecular weight is 461 g/mol. The summed E-state index contributed by atoms with van der Waals surface area (Å²) in [5, 5.41) is 12.4. The fraction of sp³-hybridized carbons (Fsp3) is 0.333. The molecule has 2 aromatic heterocycles. The Kier molecular flexibility index (Phi) is 6.13. The van der Waals surface area contributed by atoms with Crippen LogP contribution in [0.2, 0.25) is 0 Å². The summed E-state index contributed by atoms with van der Waals surface area (Å²) >= 11 is 1.16. The normalized spacial score (nSPS) is 14.2. The molecule has 4 rings (SSSR count). The summed E-state index contributed by atoms with van der Waals surface area (Å²) in [7, 11) is 3.24. The molecule has 1 aromatic carbocycles. The van der Waals surface area contributed by atoms with E-state index in [0.717, 1.165) is 17.4 Å². The zero-order chi connectivity index (χ0) is 23.0. The first-order valence-electron chi connectivity index (χ1n) is 9.82. The number of rotatable bonds is 6. The topological polar surface area (TPSA) is 80.6 Å². The number of fused-ring (bicyclic) bond motifs is 1. The van der Waals surface area contributed by atoms with Crippen LogP contribution in [0.3, 0.4) is 0 Å². The Morgan fingerprint density at radius 1 is 1.22 bits per heavy atom. The van der Waals surface area contributed by atoms with E-state index >= 15 is 0 Å². The van der Waals surface area contributed by atoms with Crippen LogP contribution >= 0.6 is 11.3 Å². The Balaban J connectivity index is 1.68. The van der Waals surface area contributed by atoms with Gasteiger partial charge in [0.15, 0.2) is 10.4 Å². The second-order valence-corrected chi connectivity index (χ2v) is 8.48. The third-order valence-corrected chi connectivity index (χ3v) is 6.31. The van der Waals surface area contributed by atoms with E-state index in [9.17, 15) is 18.4 Å². The summed E-state index contributed by atoms with van der Waals surface area (Å²) in [4.78, 5) is 25.9. The average Bonchev–Trinajstić information content (AvgIpc) is 3.22. The number of hydrazine groups is 1. The number of methoxy groups -OCH3 is 1. The van der Waals surface area contributed by atoms with E-state index in [0.29, 0.717) is 46.7 Å². The zero-order valence-corrected chi connectivity index (χ0v) is 18.6. The van der Waals surface area contributed by atoms with Crippen molar-refractivity contribution < 1.29 is 18.3 Å². The molecular weight excluding hydrogens is 440 g/mol. The van der Waals surface area contributed by atoms with Crippen LogP contribution in [0.25, 0.3) is 10.6 Å². The van der Waals surface area contributed by atoms with Gasteiger partial charge in [-0.2, -0.15) is 5.01 Å². The first-order valence-corrected chi connectivity index (χ1v) is 10.6. The number of benzene rings is 1. The molecule has 1 aliphatic heterocycles. The van der Waals surface area contributed by atoms with Crippen LogP contribution in [-0.4, -0.2) is 58.0 Å². The van der Waals surface area contributed by atoms with E-state index in [4.69, 9.17) is 4.74 Å². The standard InChI is InChI=1S/C21H21F2N5O3S/c1-12-18-21(30)26(2)28(6-7-31-3)11-27(18)10-15(19(12)29)20-25-24-17(32-20)8-13-4-5-14(22)9-16(13)23/h4-5,9-10H,6-8,11H2,1-3H3. The molecule has 11 heteroatoms. The first-order chi connectivity index (χ1) is 15.3. The van der Waals surface area contributed by atoms with Crippen LogP contribution in [0.4, 0.5) is 8.78 Å². The van der Waals surface area contributed by atoms with Crippen molar-refractivity contribution in [2.75, 3.05) is 27.3 Å². The molecule has 168 valence electrons. The maximum absolute atomic E-state index is 14.0. The molecule has 0 spiro atoms. The van der Waals surface area contributed by atoms with Crippen molar-refractivity contribution in [3.05, 3.63) is 68.1 Å². The van der Waals surface area contributed by atoms with Crippen LogP contribution in [0.1, 0.15) is 26.6 Å². The van der Waals surface area contributed by atoms with Crippen LogP contribution in [0, 0.1) is 18.6 Å². The van der Waals surface area contributed by atoms with Gasteiger partial charge in [0.05, 0.1) is 18.8 Å². The lowest BCUT2D eigenvalue weighted by Gasteiger charge is -2.38. The molecule has 0 saturated carbocycles. The molecular formula is C21H21F2N5O3S. The zero-order valence-electron chi connectivity index (χ0n) is 17.8. The largest absolute Gasteiger partial charge is 0.383 e. The van der Waals surface area contributed by atoms with Gasteiger partial charge in [-0.15, -0.1) is 10.2 Å². The highest BCUT2D eigenvalue weighted by atomic mass is 32.1. The van der Waals surface area contributed by atoms with E-state index in [1.165, 1.54) is 17.1 Å². The minimum atomic E-state index is -0.662. The number of carbonyl (C=O) groups is 1. The third-order valence-electron chi connectivity index (χ3n) is 5.36. The summed E-state index contributed by atoms with van der Waals surface area (Å²) < 4.78 is 34.0. The van der Waals surface area contributed by atoms with Gasteiger partial charge in [0.1, 0.15) is 22.3 Å². The van der Waals surface area contributed by atoms with Crippen molar-refractivity contribution in [3.63, 3.8) is 0 Å². The number of amides is 1. The number of ether oxygens (including phenoxy) is 1. The molecule has 0 aliphatic carbocycles. The minimum absolute atomic E-state index is 0.128. The van der Waals surface area contributed by atoms with Crippen molar-refractivity contribution >= 4 is 17.2 Å². The molecule has 0 radical (unpaired) electrons. The quantitative estimate of drug-likeness (QED) is 0.561. The van der Waals surface area contributed by atoms with E-state index in [1.54, 1.807) is 31.8 Å². The lowest BCUT2D eigenvalue weighted by Crippen LogP contribution is -2.52. The van der Waals surface area contributed by atoms with Crippen LogP contribution < -0.4 is 5.43 Å². The number of hydrogen-bond acceptors (Lipinski definition) is 7. The summed E-state index contributed by atoms with van der Waals surface area (Å²) in [6.07, 6.45) is 1.74. The first kappa shape index (κ1) is 22.2. The summed E-state index contributed by atoms with van der Waals surface area (Å²) in [6.45, 7) is 2.93. The van der Waals surface area contributed by atoms with Gasteiger partial charge >= 0.3 is 0 Å². The van der Waals surface area contributed by atoms with Gasteiger partial charge in [-0.25, -0.2) is 8.78 Å². The molecule has 0 saturated heterocycles. The van der Waals surface area contributed by atoms with Crippen molar-refractivity contribution in [2.24, 2.45) is 0 Å². The smallest absolute Gasteiger partial charge is 0.285 e. The number of pyridine rings is 1. The monoisotopic (exact) mass is 461 g/mol. The lowest BCUT2D eigenvalue weighted by atomic mass is 10.1. The maximum atomic E-state index is 14.0. The van der Waals surface area contributed by atoms with E-state index < -0.39 is 11.6 Å². The number of halogens is 2. The number of hydrogen-bond donors (Lipinski definition) is 0. The van der Waals surface area contributed by atoms with Gasteiger partial charge < -0.3 is 9.30 Å². The van der Waals surface area contributed by atoms with Gasteiger partial charge in [-0.05, 0) is 18.6 Å². The number of aromatic nitrogens is 3. The Hall–Kier alpha value is -3.02. The van der Waals surface area contributed by atoms with Gasteiger partial charge in [0, 0.05) is 44.9 Å². The Morgan fingerprint density at radius 2 is 2.00 bits per heavy atom. The van der Waals surface area contributed by atoms with Crippen LogP contribution in [-0.2, 0) is 17.8 Å². The van der Waals surface area contributed by atoms with E-state index in [-0.39, 0.29) is 23.3 Å². The predicted molar refractivity (Wildman–Crippen MR) is 114 cm³/mol. The third kappa shape index (κ3) is 4.06. The van der Waals surface area contributed by atoms with Gasteiger partial charge in [-0.3, -0.25) is 14.6 Å². The Bertz CT molecular complexity index is 1240. The molecule has 0 fully saturated rings. The second kappa shape index (κ2) is 8.85. The number of nitrogens with zero attached hydrogens (tertiary/aromatic N) is 5. The van der Waals surface area contributed by atoms with Gasteiger partial charge in [0.25, 0.3) is 5.91 Å². The Labute approximate surface area is 186 Å². The molecule has 0 unspecified atom stereocenters. The fourth-order valence-electron chi connectivity index (χ4n) is 3.58. The van der Waals surface area contributed by atoms with Crippen molar-refractivity contribution in [1.82, 2.24) is 24.8 Å². The highest BCUT2D eigenvalue weighted by molar-refractivity contribution is 7.14. The van der Waals surface area contributed by atoms with E-state index in [2.05, 4.69) is 10.2 Å². The van der Waals surface area contributed by atoms with E-state index in [1.807, 2.05) is 5.01 Å². The molecule has 3 aromatic rings. The predicted octanol–water partition coefficient (Wildman–Crippen LogP) is 2.45. The van der Waals surface area contributed by atoms with Crippen molar-refractivity contribution in [3.8, 4) is 10.6 Å². The summed E-state index contributed by atoms with van der Waals surface area (Å²) in [5.41, 5.74) is 0.951. The summed E-state index contributed by atoms with van der Waals surface area (Å²) in [5.74, 6) is -1.59. The minimum Gasteiger partial charge on any atom is -0.383 e. The summed E-state index contributed by atoms with van der Waals surface area (Å²) in [6, 6.07) is 3.36. The highest BCUT2D eigenvalue weighted by Crippen LogP contribution is 2.26. The van der Waals surface area contributed by atoms with Crippen LogP contribution in [0.15, 0.2) is 29.2 Å². The molecule has 1 amide bonds.